The zero-order chi connectivity index (χ0) is 20.5. The van der Waals surface area contributed by atoms with E-state index in [1.54, 1.807) is 28.9 Å². The molecule has 0 amide bonds. The lowest BCUT2D eigenvalue weighted by molar-refractivity contribution is 0.101. The molecule has 3 rings (SSSR count). The number of carbonyl (C=O) groups excluding carboxylic acids is 1. The smallest absolute Gasteiger partial charge is 0.265 e. The van der Waals surface area contributed by atoms with Crippen molar-refractivity contribution in [2.45, 2.75) is 38.0 Å². The second-order valence-electron chi connectivity index (χ2n) is 7.61. The number of sulfonamides is 1. The van der Waals surface area contributed by atoms with E-state index < -0.39 is 15.4 Å². The predicted molar refractivity (Wildman–Crippen MR) is 110 cm³/mol. The Bertz CT molecular complexity index is 1090. The van der Waals surface area contributed by atoms with Crippen molar-refractivity contribution in [3.8, 4) is 5.69 Å². The molecule has 0 radical (unpaired) electrons. The Morgan fingerprint density at radius 3 is 2.14 bits per heavy atom. The van der Waals surface area contributed by atoms with Crippen molar-refractivity contribution in [1.29, 1.82) is 0 Å². The van der Waals surface area contributed by atoms with Crippen LogP contribution in [0.15, 0.2) is 65.7 Å². The summed E-state index contributed by atoms with van der Waals surface area (Å²) in [7, 11) is -3.87. The first kappa shape index (κ1) is 19.8. The fourth-order valence-corrected chi connectivity index (χ4v) is 4.17. The van der Waals surface area contributed by atoms with E-state index in [2.05, 4.69) is 9.82 Å². The van der Waals surface area contributed by atoms with Gasteiger partial charge in [0.25, 0.3) is 10.0 Å². The Balaban J connectivity index is 2.02. The minimum atomic E-state index is -3.87. The molecule has 2 aromatic carbocycles. The van der Waals surface area contributed by atoms with Crippen LogP contribution in [0.4, 0.5) is 5.69 Å². The highest BCUT2D eigenvalue weighted by Crippen LogP contribution is 2.30. The van der Waals surface area contributed by atoms with Crippen LogP contribution >= 0.6 is 0 Å². The molecule has 1 heterocycles. The van der Waals surface area contributed by atoms with E-state index in [4.69, 9.17) is 0 Å². The zero-order valence-electron chi connectivity index (χ0n) is 16.3. The Labute approximate surface area is 165 Å². The number of hydrogen-bond acceptors (Lipinski definition) is 4. The van der Waals surface area contributed by atoms with E-state index in [0.29, 0.717) is 16.9 Å². The number of rotatable bonds is 5. The summed E-state index contributed by atoms with van der Waals surface area (Å²) in [5.74, 6) is -0.0754. The lowest BCUT2D eigenvalue weighted by atomic mass is 9.92. The third-order valence-corrected chi connectivity index (χ3v) is 5.63. The first-order valence-electron chi connectivity index (χ1n) is 8.87. The van der Waals surface area contributed by atoms with Gasteiger partial charge in [-0.25, -0.2) is 13.1 Å². The number of para-hydroxylation sites is 1. The minimum absolute atomic E-state index is 0.0754. The van der Waals surface area contributed by atoms with Gasteiger partial charge in [-0.1, -0.05) is 39.0 Å². The molecule has 3 aromatic rings. The monoisotopic (exact) mass is 397 g/mol. The number of Topliss-reactive ketones (excluding diaryl/α,β-unsaturated/α-hetero) is 1. The molecule has 0 spiro atoms. The normalized spacial score (nSPS) is 12.0. The van der Waals surface area contributed by atoms with E-state index >= 15 is 0 Å². The summed E-state index contributed by atoms with van der Waals surface area (Å²) >= 11 is 0. The molecular formula is C21H23N3O3S. The van der Waals surface area contributed by atoms with Crippen molar-refractivity contribution in [2.75, 3.05) is 4.72 Å². The van der Waals surface area contributed by atoms with Crippen LogP contribution in [-0.4, -0.2) is 24.0 Å². The van der Waals surface area contributed by atoms with E-state index in [-0.39, 0.29) is 10.7 Å². The summed E-state index contributed by atoms with van der Waals surface area (Å²) in [6.07, 6.45) is 1.53. The van der Waals surface area contributed by atoms with Gasteiger partial charge in [0.2, 0.25) is 0 Å². The van der Waals surface area contributed by atoms with Gasteiger partial charge in [0.1, 0.15) is 4.90 Å². The van der Waals surface area contributed by atoms with Gasteiger partial charge in [0, 0.05) is 16.7 Å². The Morgan fingerprint density at radius 1 is 1.00 bits per heavy atom. The van der Waals surface area contributed by atoms with E-state index in [0.717, 1.165) is 5.69 Å². The van der Waals surface area contributed by atoms with Gasteiger partial charge in [0.15, 0.2) is 5.78 Å². The summed E-state index contributed by atoms with van der Waals surface area (Å²) in [4.78, 5) is 11.5. The molecule has 0 unspecified atom stereocenters. The summed E-state index contributed by atoms with van der Waals surface area (Å²) < 4.78 is 30.4. The van der Waals surface area contributed by atoms with Crippen molar-refractivity contribution in [3.05, 3.63) is 72.1 Å². The number of nitrogens with zero attached hydrogens (tertiary/aromatic N) is 2. The van der Waals surface area contributed by atoms with Gasteiger partial charge in [-0.2, -0.15) is 5.10 Å². The van der Waals surface area contributed by atoms with E-state index in [1.807, 2.05) is 51.1 Å². The molecule has 0 aliphatic rings. The van der Waals surface area contributed by atoms with Crippen LogP contribution < -0.4 is 4.72 Å². The largest absolute Gasteiger partial charge is 0.295 e. The predicted octanol–water partition coefficient (Wildman–Crippen LogP) is 4.17. The zero-order valence-corrected chi connectivity index (χ0v) is 17.1. The maximum absolute atomic E-state index is 13.1. The van der Waals surface area contributed by atoms with Crippen molar-refractivity contribution >= 4 is 21.5 Å². The molecule has 1 N–H and O–H groups in total. The van der Waals surface area contributed by atoms with Crippen LogP contribution in [0.3, 0.4) is 0 Å². The molecule has 0 saturated heterocycles. The van der Waals surface area contributed by atoms with Crippen LogP contribution in [0.25, 0.3) is 5.69 Å². The van der Waals surface area contributed by atoms with Crippen LogP contribution in [0.1, 0.15) is 43.7 Å². The SMILES string of the molecule is CC(=O)c1ccc(NS(=O)(=O)c2cn(-c3ccccc3)nc2C(C)(C)C)cc1. The van der Waals surface area contributed by atoms with Crippen LogP contribution in [0.2, 0.25) is 0 Å². The highest BCUT2D eigenvalue weighted by atomic mass is 32.2. The third-order valence-electron chi connectivity index (χ3n) is 4.24. The first-order chi connectivity index (χ1) is 13.1. The Kier molecular flexibility index (Phi) is 5.12. The van der Waals surface area contributed by atoms with Crippen molar-refractivity contribution in [1.82, 2.24) is 9.78 Å². The highest BCUT2D eigenvalue weighted by Gasteiger charge is 2.30. The highest BCUT2D eigenvalue weighted by molar-refractivity contribution is 7.92. The van der Waals surface area contributed by atoms with Gasteiger partial charge in [-0.15, -0.1) is 0 Å². The van der Waals surface area contributed by atoms with Crippen LogP contribution in [0, 0.1) is 0 Å². The summed E-state index contributed by atoms with van der Waals surface area (Å²) in [6.45, 7) is 7.23. The molecule has 0 fully saturated rings. The second-order valence-corrected chi connectivity index (χ2v) is 9.26. The molecule has 28 heavy (non-hydrogen) atoms. The van der Waals surface area contributed by atoms with Gasteiger partial charge in [-0.05, 0) is 43.3 Å². The van der Waals surface area contributed by atoms with E-state index in [9.17, 15) is 13.2 Å². The molecule has 0 aliphatic carbocycles. The Morgan fingerprint density at radius 2 is 1.61 bits per heavy atom. The number of aromatic nitrogens is 2. The number of anilines is 1. The average molecular weight is 398 g/mol. The quantitative estimate of drug-likeness (QED) is 0.655. The number of carbonyl (C=O) groups is 1. The Hall–Kier alpha value is -2.93. The molecule has 0 atom stereocenters. The molecule has 1 aromatic heterocycles. The molecule has 0 saturated carbocycles. The lowest BCUT2D eigenvalue weighted by Crippen LogP contribution is -2.20. The number of nitrogens with one attached hydrogen (secondary N) is 1. The minimum Gasteiger partial charge on any atom is -0.295 e. The number of hydrogen-bond donors (Lipinski definition) is 1. The maximum atomic E-state index is 13.1. The third kappa shape index (κ3) is 4.14. The van der Waals surface area contributed by atoms with Crippen molar-refractivity contribution < 1.29 is 13.2 Å². The standard InChI is InChI=1S/C21H23N3O3S/c1-15(25)16-10-12-17(13-11-16)23-28(26,27)19-14-24(18-8-6-5-7-9-18)22-20(19)21(2,3)4/h5-14,23H,1-4H3. The van der Waals surface area contributed by atoms with Crippen LogP contribution in [-0.2, 0) is 15.4 Å². The molecule has 6 nitrogen and oxygen atoms in total. The van der Waals surface area contributed by atoms with Gasteiger partial charge in [0.05, 0.1) is 17.6 Å². The fraction of sp³-hybridized carbons (Fsp3) is 0.238. The van der Waals surface area contributed by atoms with Crippen molar-refractivity contribution in [2.24, 2.45) is 0 Å². The van der Waals surface area contributed by atoms with E-state index in [1.165, 1.54) is 13.1 Å². The summed E-state index contributed by atoms with van der Waals surface area (Å²) in [5.41, 5.74) is 1.69. The second kappa shape index (κ2) is 7.24. The number of ketones is 1. The van der Waals surface area contributed by atoms with Crippen molar-refractivity contribution in [3.63, 3.8) is 0 Å². The lowest BCUT2D eigenvalue weighted by Gasteiger charge is -2.18. The molecule has 146 valence electrons. The molecule has 7 heteroatoms. The molecule has 0 aliphatic heterocycles. The average Bonchev–Trinajstić information content (AvgIpc) is 3.09. The fourth-order valence-electron chi connectivity index (χ4n) is 2.77. The number of benzene rings is 2. The molecular weight excluding hydrogens is 374 g/mol. The van der Waals surface area contributed by atoms with Crippen LogP contribution in [0.5, 0.6) is 0 Å². The van der Waals surface area contributed by atoms with Gasteiger partial charge < -0.3 is 0 Å². The summed E-state index contributed by atoms with van der Waals surface area (Å²) in [6, 6.07) is 15.7. The summed E-state index contributed by atoms with van der Waals surface area (Å²) in [5, 5.41) is 4.55. The molecule has 0 bridgehead atoms. The van der Waals surface area contributed by atoms with Gasteiger partial charge >= 0.3 is 0 Å². The van der Waals surface area contributed by atoms with Gasteiger partial charge in [-0.3, -0.25) is 9.52 Å². The topological polar surface area (TPSA) is 81.1 Å². The first-order valence-corrected chi connectivity index (χ1v) is 10.4. The maximum Gasteiger partial charge on any atom is 0.265 e.